The van der Waals surface area contributed by atoms with E-state index < -0.39 is 16.0 Å². The Bertz CT molecular complexity index is 1180. The highest BCUT2D eigenvalue weighted by atomic mass is 32.2. The first kappa shape index (κ1) is 23.7. The molecule has 0 aliphatic rings. The summed E-state index contributed by atoms with van der Waals surface area (Å²) in [5, 5.41) is 1.95. The number of thiophene rings is 1. The van der Waals surface area contributed by atoms with Gasteiger partial charge in [0, 0.05) is 24.0 Å². The van der Waals surface area contributed by atoms with Crippen molar-refractivity contribution in [3.63, 3.8) is 0 Å². The lowest BCUT2D eigenvalue weighted by molar-refractivity contribution is 0.0598. The minimum atomic E-state index is -3.67. The van der Waals surface area contributed by atoms with E-state index in [1.807, 2.05) is 17.5 Å². The van der Waals surface area contributed by atoms with E-state index in [1.165, 1.54) is 36.3 Å². The van der Waals surface area contributed by atoms with E-state index in [-0.39, 0.29) is 17.3 Å². The molecule has 170 valence electrons. The van der Waals surface area contributed by atoms with Crippen LogP contribution in [0.25, 0.3) is 0 Å². The number of esters is 1. The van der Waals surface area contributed by atoms with E-state index in [0.717, 1.165) is 4.88 Å². The number of rotatable bonds is 9. The molecular weight excluding hydrogens is 452 g/mol. The van der Waals surface area contributed by atoms with Crippen molar-refractivity contribution < 1.29 is 27.2 Å². The van der Waals surface area contributed by atoms with Crippen molar-refractivity contribution >= 4 is 33.2 Å². The minimum absolute atomic E-state index is 0.0901. The highest BCUT2D eigenvalue weighted by Crippen LogP contribution is 2.18. The molecule has 1 N–H and O–H groups in total. The summed E-state index contributed by atoms with van der Waals surface area (Å²) in [5.74, 6) is 0.0299. The Labute approximate surface area is 190 Å². The maximum absolute atomic E-state index is 12.7. The van der Waals surface area contributed by atoms with Crippen molar-refractivity contribution in [3.05, 3.63) is 75.4 Å². The van der Waals surface area contributed by atoms with Gasteiger partial charge in [0.05, 0.1) is 18.6 Å². The molecule has 0 aliphatic carbocycles. The van der Waals surface area contributed by atoms with Gasteiger partial charge in [-0.2, -0.15) is 0 Å². The first-order valence-electron chi connectivity index (χ1n) is 9.76. The number of carbonyl (C=O) groups is 2. The molecule has 10 heteroatoms. The average Bonchev–Trinajstić information content (AvgIpc) is 3.42. The lowest BCUT2D eigenvalue weighted by Gasteiger charge is -2.16. The molecule has 0 atom stereocenters. The average molecular weight is 477 g/mol. The topological polar surface area (TPSA) is 106 Å². The van der Waals surface area contributed by atoms with Crippen LogP contribution in [0.15, 0.2) is 57.2 Å². The highest BCUT2D eigenvalue weighted by Gasteiger charge is 2.20. The zero-order chi connectivity index (χ0) is 23.3. The van der Waals surface area contributed by atoms with E-state index in [0.29, 0.717) is 35.6 Å². The number of hydrogen-bond donors (Lipinski definition) is 1. The molecular formula is C22H24N2O6S2. The second kappa shape index (κ2) is 10.1. The van der Waals surface area contributed by atoms with Crippen molar-refractivity contribution in [3.8, 4) is 0 Å². The number of benzene rings is 1. The summed E-state index contributed by atoms with van der Waals surface area (Å²) in [6, 6.07) is 11.2. The van der Waals surface area contributed by atoms with Gasteiger partial charge >= 0.3 is 5.97 Å². The van der Waals surface area contributed by atoms with Crippen LogP contribution in [0, 0.1) is 6.92 Å². The molecule has 1 aromatic carbocycles. The number of methoxy groups -OCH3 is 1. The summed E-state index contributed by atoms with van der Waals surface area (Å²) >= 11 is 1.58. The van der Waals surface area contributed by atoms with Gasteiger partial charge in [-0.25, -0.2) is 17.9 Å². The quantitative estimate of drug-likeness (QED) is 0.476. The van der Waals surface area contributed by atoms with Gasteiger partial charge in [0.25, 0.3) is 5.91 Å². The smallest absolute Gasteiger partial charge is 0.341 e. The van der Waals surface area contributed by atoms with Crippen LogP contribution in [-0.2, 0) is 27.7 Å². The number of furan rings is 1. The summed E-state index contributed by atoms with van der Waals surface area (Å²) in [5.41, 5.74) is 0.644. The fraction of sp³-hybridized carbons (Fsp3) is 0.273. The zero-order valence-corrected chi connectivity index (χ0v) is 19.6. The van der Waals surface area contributed by atoms with Crippen LogP contribution < -0.4 is 4.72 Å². The van der Waals surface area contributed by atoms with Gasteiger partial charge in [0.2, 0.25) is 10.0 Å². The Balaban J connectivity index is 1.62. The molecule has 0 spiro atoms. The van der Waals surface area contributed by atoms with Crippen LogP contribution in [0.2, 0.25) is 0 Å². The lowest BCUT2D eigenvalue weighted by atomic mass is 10.2. The SMILES string of the molecule is COC(=O)c1cc(CN(C)C(=O)c2ccc(S(=O)(=O)NCCc3cccs3)cc2)oc1C. The van der Waals surface area contributed by atoms with Crippen LogP contribution >= 0.6 is 11.3 Å². The van der Waals surface area contributed by atoms with Crippen molar-refractivity contribution in [2.45, 2.75) is 24.8 Å². The number of nitrogens with one attached hydrogen (secondary N) is 1. The molecule has 0 fully saturated rings. The molecule has 2 heterocycles. The van der Waals surface area contributed by atoms with Crippen molar-refractivity contribution in [2.75, 3.05) is 20.7 Å². The second-order valence-corrected chi connectivity index (χ2v) is 9.89. The zero-order valence-electron chi connectivity index (χ0n) is 18.0. The number of hydrogen-bond acceptors (Lipinski definition) is 7. The molecule has 3 rings (SSSR count). The largest absolute Gasteiger partial charge is 0.465 e. The molecule has 0 aliphatic heterocycles. The maximum atomic E-state index is 12.7. The number of aryl methyl sites for hydroxylation is 1. The van der Waals surface area contributed by atoms with E-state index >= 15 is 0 Å². The van der Waals surface area contributed by atoms with Crippen molar-refractivity contribution in [1.82, 2.24) is 9.62 Å². The predicted molar refractivity (Wildman–Crippen MR) is 120 cm³/mol. The third-order valence-corrected chi connectivity index (χ3v) is 7.18. The standard InChI is InChI=1S/C22H24N2O6S2/c1-15-20(22(26)29-3)13-17(30-15)14-24(2)21(25)16-6-8-19(9-7-16)32(27,28)23-11-10-18-5-4-12-31-18/h4-9,12-13,23H,10-11,14H2,1-3H3. The fourth-order valence-corrected chi connectivity index (χ4v) is 4.82. The van der Waals surface area contributed by atoms with Gasteiger partial charge in [-0.05, 0) is 55.1 Å². The number of carbonyl (C=O) groups excluding carboxylic acids is 2. The van der Waals surface area contributed by atoms with Crippen molar-refractivity contribution in [2.24, 2.45) is 0 Å². The van der Waals surface area contributed by atoms with Crippen LogP contribution in [0.1, 0.15) is 37.1 Å². The Morgan fingerprint density at radius 1 is 1.19 bits per heavy atom. The predicted octanol–water partition coefficient (Wildman–Crippen LogP) is 3.23. The monoisotopic (exact) mass is 476 g/mol. The first-order valence-corrected chi connectivity index (χ1v) is 12.1. The Morgan fingerprint density at radius 2 is 1.91 bits per heavy atom. The highest BCUT2D eigenvalue weighted by molar-refractivity contribution is 7.89. The van der Waals surface area contributed by atoms with Gasteiger partial charge in [0.15, 0.2) is 0 Å². The summed E-state index contributed by atoms with van der Waals surface area (Å²) in [6.45, 7) is 2.08. The molecule has 0 saturated carbocycles. The Hall–Kier alpha value is -2.95. The lowest BCUT2D eigenvalue weighted by Crippen LogP contribution is -2.27. The van der Waals surface area contributed by atoms with Crippen LogP contribution in [-0.4, -0.2) is 45.9 Å². The molecule has 2 aromatic heterocycles. The van der Waals surface area contributed by atoms with Crippen LogP contribution in [0.4, 0.5) is 0 Å². The van der Waals surface area contributed by atoms with E-state index in [2.05, 4.69) is 4.72 Å². The summed E-state index contributed by atoms with van der Waals surface area (Å²) in [7, 11) is -0.790. The summed E-state index contributed by atoms with van der Waals surface area (Å²) in [4.78, 5) is 27.0. The number of amides is 1. The molecule has 3 aromatic rings. The minimum Gasteiger partial charge on any atom is -0.465 e. The fourth-order valence-electron chi connectivity index (χ4n) is 3.08. The maximum Gasteiger partial charge on any atom is 0.341 e. The first-order chi connectivity index (χ1) is 15.2. The molecule has 0 unspecified atom stereocenters. The molecule has 0 radical (unpaired) electrons. The van der Waals surface area contributed by atoms with E-state index in [4.69, 9.17) is 9.15 Å². The van der Waals surface area contributed by atoms with E-state index in [9.17, 15) is 18.0 Å². The molecule has 0 saturated heterocycles. The van der Waals surface area contributed by atoms with E-state index in [1.54, 1.807) is 31.4 Å². The molecule has 8 nitrogen and oxygen atoms in total. The second-order valence-electron chi connectivity index (χ2n) is 7.09. The Morgan fingerprint density at radius 3 is 2.53 bits per heavy atom. The summed E-state index contributed by atoms with van der Waals surface area (Å²) < 4.78 is 37.8. The molecule has 1 amide bonds. The normalized spacial score (nSPS) is 11.3. The number of ether oxygens (including phenoxy) is 1. The molecule has 0 bridgehead atoms. The number of sulfonamides is 1. The Kier molecular flexibility index (Phi) is 7.49. The van der Waals surface area contributed by atoms with Gasteiger partial charge in [-0.1, -0.05) is 6.07 Å². The third kappa shape index (κ3) is 5.64. The van der Waals surface area contributed by atoms with Gasteiger partial charge < -0.3 is 14.1 Å². The van der Waals surface area contributed by atoms with Gasteiger partial charge in [0.1, 0.15) is 17.1 Å². The van der Waals surface area contributed by atoms with Crippen LogP contribution in [0.5, 0.6) is 0 Å². The summed E-state index contributed by atoms with van der Waals surface area (Å²) in [6.07, 6.45) is 0.613. The molecule has 32 heavy (non-hydrogen) atoms. The van der Waals surface area contributed by atoms with Gasteiger partial charge in [-0.15, -0.1) is 11.3 Å². The van der Waals surface area contributed by atoms with Crippen molar-refractivity contribution in [1.29, 1.82) is 0 Å². The third-order valence-electron chi connectivity index (χ3n) is 4.77. The van der Waals surface area contributed by atoms with Gasteiger partial charge in [-0.3, -0.25) is 4.79 Å². The van der Waals surface area contributed by atoms with Crippen LogP contribution in [0.3, 0.4) is 0 Å². The number of nitrogens with zero attached hydrogens (tertiary/aromatic N) is 1.